The molecule has 2 unspecified atom stereocenters. The van der Waals surface area contributed by atoms with Gasteiger partial charge in [0.25, 0.3) is 7.82 Å². The van der Waals surface area contributed by atoms with Gasteiger partial charge in [-0.1, -0.05) is 281 Å². The third-order valence-electron chi connectivity index (χ3n) is 13.9. The standard InChI is InChI=1S/C64H120NO8P/c1-6-8-10-12-14-16-17-18-19-20-21-22-23-24-25-26-27-28-29-30-31-32-33-34-35-36-37-38-39-40-41-42-43-44-45-46-47-49-51-53-55-57-64(67)73-62(61-72-74(68,69)71-59-58-65(3,4)5)60-70-63(66)56-54-52-50-48-15-13-11-9-7-2/h8,10,14,16,18-19,21-22,62H,6-7,9,11-13,15,17,20,23-61H2,1-5H3/b10-8-,16-14-,19-18-,22-21-. The molecule has 0 heterocycles. The largest absolute Gasteiger partial charge is 0.756 e. The van der Waals surface area contributed by atoms with E-state index in [4.69, 9.17) is 18.5 Å². The molecule has 0 saturated heterocycles. The molecule has 0 bridgehead atoms. The van der Waals surface area contributed by atoms with E-state index in [2.05, 4.69) is 62.5 Å². The molecule has 0 aromatic heterocycles. The molecular weight excluding hydrogens is 942 g/mol. The highest BCUT2D eigenvalue weighted by Gasteiger charge is 2.22. The molecule has 9 nitrogen and oxygen atoms in total. The van der Waals surface area contributed by atoms with Gasteiger partial charge in [-0.15, -0.1) is 0 Å². The van der Waals surface area contributed by atoms with Crippen molar-refractivity contribution in [3.63, 3.8) is 0 Å². The zero-order chi connectivity index (χ0) is 54.2. The average molecular weight is 1060 g/mol. The fourth-order valence-corrected chi connectivity index (χ4v) is 9.79. The molecule has 0 aromatic carbocycles. The van der Waals surface area contributed by atoms with Crippen molar-refractivity contribution in [1.82, 2.24) is 0 Å². The third kappa shape index (κ3) is 59.2. The number of rotatable bonds is 58. The lowest BCUT2D eigenvalue weighted by Gasteiger charge is -2.28. The van der Waals surface area contributed by atoms with Gasteiger partial charge < -0.3 is 27.9 Å². The number of carbonyl (C=O) groups is 2. The van der Waals surface area contributed by atoms with Crippen LogP contribution in [0.1, 0.15) is 296 Å². The minimum Gasteiger partial charge on any atom is -0.756 e. The van der Waals surface area contributed by atoms with Crippen LogP contribution in [0.3, 0.4) is 0 Å². The van der Waals surface area contributed by atoms with Gasteiger partial charge in [-0.25, -0.2) is 0 Å². The number of hydrogen-bond donors (Lipinski definition) is 0. The Labute approximate surface area is 458 Å². The number of quaternary nitrogens is 1. The molecule has 0 saturated carbocycles. The number of phosphoric acid groups is 1. The van der Waals surface area contributed by atoms with Crippen molar-refractivity contribution >= 4 is 19.8 Å². The number of carbonyl (C=O) groups excluding carboxylic acids is 2. The van der Waals surface area contributed by atoms with E-state index in [9.17, 15) is 19.0 Å². The van der Waals surface area contributed by atoms with Gasteiger partial charge in [-0.2, -0.15) is 0 Å². The molecule has 0 aromatic rings. The highest BCUT2D eigenvalue weighted by Crippen LogP contribution is 2.38. The number of ether oxygens (including phenoxy) is 2. The Hall–Kier alpha value is -2.03. The van der Waals surface area contributed by atoms with E-state index in [1.165, 1.54) is 205 Å². The Morgan fingerprint density at radius 2 is 0.770 bits per heavy atom. The minimum absolute atomic E-state index is 0.0276. The van der Waals surface area contributed by atoms with Gasteiger partial charge in [-0.3, -0.25) is 14.2 Å². The van der Waals surface area contributed by atoms with Crippen molar-refractivity contribution in [2.24, 2.45) is 0 Å². The molecule has 0 aliphatic carbocycles. The maximum atomic E-state index is 12.8. The number of hydrogen-bond acceptors (Lipinski definition) is 8. The lowest BCUT2D eigenvalue weighted by molar-refractivity contribution is -0.870. The summed E-state index contributed by atoms with van der Waals surface area (Å²) in [5.74, 6) is -0.822. The fourth-order valence-electron chi connectivity index (χ4n) is 9.06. The van der Waals surface area contributed by atoms with Crippen molar-refractivity contribution in [2.45, 2.75) is 302 Å². The molecule has 0 radical (unpaired) electrons. The van der Waals surface area contributed by atoms with Gasteiger partial charge in [0.05, 0.1) is 27.7 Å². The number of allylic oxidation sites excluding steroid dienone is 8. The van der Waals surface area contributed by atoms with E-state index >= 15 is 0 Å². The number of likely N-dealkylation sites (N-methyl/N-ethyl adjacent to an activating group) is 1. The minimum atomic E-state index is -4.62. The van der Waals surface area contributed by atoms with Crippen molar-refractivity contribution < 1.29 is 42.1 Å². The number of nitrogens with zero attached hydrogens (tertiary/aromatic N) is 1. The van der Waals surface area contributed by atoms with E-state index in [1.54, 1.807) is 0 Å². The first-order valence-electron chi connectivity index (χ1n) is 31.3. The van der Waals surface area contributed by atoms with E-state index in [0.717, 1.165) is 57.8 Å². The van der Waals surface area contributed by atoms with Gasteiger partial charge in [0.1, 0.15) is 19.8 Å². The molecule has 0 aliphatic heterocycles. The summed E-state index contributed by atoms with van der Waals surface area (Å²) < 4.78 is 34.0. The number of unbranched alkanes of at least 4 members (excludes halogenated alkanes) is 36. The molecule has 0 N–H and O–H groups in total. The average Bonchev–Trinajstić information content (AvgIpc) is 3.36. The van der Waals surface area contributed by atoms with E-state index in [0.29, 0.717) is 17.4 Å². The molecule has 0 aliphatic rings. The Balaban J connectivity index is 3.77. The second kappa shape index (κ2) is 55.7. The van der Waals surface area contributed by atoms with Gasteiger partial charge >= 0.3 is 11.9 Å². The molecule has 0 spiro atoms. The van der Waals surface area contributed by atoms with Crippen LogP contribution in [0.25, 0.3) is 0 Å². The first kappa shape index (κ1) is 72.0. The maximum Gasteiger partial charge on any atom is 0.306 e. The van der Waals surface area contributed by atoms with E-state index in [-0.39, 0.29) is 32.0 Å². The Kier molecular flexibility index (Phi) is 54.2. The molecule has 74 heavy (non-hydrogen) atoms. The summed E-state index contributed by atoms with van der Waals surface area (Å²) >= 11 is 0. The summed E-state index contributed by atoms with van der Waals surface area (Å²) in [6.07, 6.45) is 70.8. The summed E-state index contributed by atoms with van der Waals surface area (Å²) in [7, 11) is 1.18. The van der Waals surface area contributed by atoms with Crippen LogP contribution in [0.5, 0.6) is 0 Å². The quantitative estimate of drug-likeness (QED) is 0.0195. The summed E-state index contributed by atoms with van der Waals surface area (Å²) in [4.78, 5) is 37.6. The maximum absolute atomic E-state index is 12.8. The molecular formula is C64H120NO8P. The summed E-state index contributed by atoms with van der Waals surface area (Å²) in [5, 5.41) is 0. The van der Waals surface area contributed by atoms with Crippen LogP contribution in [-0.2, 0) is 32.7 Å². The van der Waals surface area contributed by atoms with Gasteiger partial charge in [0, 0.05) is 12.8 Å². The Morgan fingerprint density at radius 3 is 1.15 bits per heavy atom. The highest BCUT2D eigenvalue weighted by atomic mass is 31.2. The fraction of sp³-hybridized carbons (Fsp3) is 0.844. The van der Waals surface area contributed by atoms with Crippen molar-refractivity contribution in [2.75, 3.05) is 47.5 Å². The molecule has 434 valence electrons. The molecule has 0 rings (SSSR count). The summed E-state index contributed by atoms with van der Waals surface area (Å²) in [5.41, 5.74) is 0. The monoisotopic (exact) mass is 1060 g/mol. The first-order chi connectivity index (χ1) is 36.0. The summed E-state index contributed by atoms with van der Waals surface area (Å²) in [6.45, 7) is 4.13. The van der Waals surface area contributed by atoms with E-state index < -0.39 is 26.5 Å². The SMILES string of the molecule is CC/C=C\C/C=C\C/C=C\C/C=C\CCCCCCCCCCCCCCCCCCCCCCCCCCCCCCC(=O)OC(COC(=O)CCCCCCCCCCC)COP(=O)([O-])OCC[N+](C)(C)C. The normalized spacial score (nSPS) is 13.5. The van der Waals surface area contributed by atoms with Crippen molar-refractivity contribution in [3.8, 4) is 0 Å². The van der Waals surface area contributed by atoms with Crippen LogP contribution >= 0.6 is 7.82 Å². The molecule has 0 amide bonds. The van der Waals surface area contributed by atoms with E-state index in [1.807, 2.05) is 21.1 Å². The van der Waals surface area contributed by atoms with Crippen LogP contribution < -0.4 is 4.89 Å². The zero-order valence-corrected chi connectivity index (χ0v) is 50.2. The third-order valence-corrected chi connectivity index (χ3v) is 14.8. The number of phosphoric ester groups is 1. The van der Waals surface area contributed by atoms with Crippen LogP contribution in [-0.4, -0.2) is 70.0 Å². The molecule has 10 heteroatoms. The van der Waals surface area contributed by atoms with Crippen LogP contribution in [0.2, 0.25) is 0 Å². The lowest BCUT2D eigenvalue weighted by Crippen LogP contribution is -2.37. The highest BCUT2D eigenvalue weighted by molar-refractivity contribution is 7.45. The van der Waals surface area contributed by atoms with Gasteiger partial charge in [0.2, 0.25) is 0 Å². The molecule has 0 fully saturated rings. The topological polar surface area (TPSA) is 111 Å². The smallest absolute Gasteiger partial charge is 0.306 e. The Morgan fingerprint density at radius 1 is 0.432 bits per heavy atom. The van der Waals surface area contributed by atoms with Crippen LogP contribution in [0.4, 0.5) is 0 Å². The zero-order valence-electron chi connectivity index (χ0n) is 49.3. The molecule has 2 atom stereocenters. The van der Waals surface area contributed by atoms with Crippen LogP contribution in [0.15, 0.2) is 48.6 Å². The number of esters is 2. The predicted octanol–water partition coefficient (Wildman–Crippen LogP) is 19.1. The Bertz CT molecular complexity index is 1390. The summed E-state index contributed by atoms with van der Waals surface area (Å²) in [6, 6.07) is 0. The van der Waals surface area contributed by atoms with Gasteiger partial charge in [-0.05, 0) is 51.4 Å². The van der Waals surface area contributed by atoms with Crippen LogP contribution in [0, 0.1) is 0 Å². The van der Waals surface area contributed by atoms with Crippen molar-refractivity contribution in [3.05, 3.63) is 48.6 Å². The lowest BCUT2D eigenvalue weighted by atomic mass is 10.0. The first-order valence-corrected chi connectivity index (χ1v) is 32.8. The van der Waals surface area contributed by atoms with Crippen molar-refractivity contribution in [1.29, 1.82) is 0 Å². The second-order valence-electron chi connectivity index (χ2n) is 22.4. The predicted molar refractivity (Wildman–Crippen MR) is 314 cm³/mol. The van der Waals surface area contributed by atoms with Gasteiger partial charge in [0.15, 0.2) is 6.10 Å². The second-order valence-corrected chi connectivity index (χ2v) is 23.8.